The molecule has 2 amide bonds. The number of benzene rings is 1. The second kappa shape index (κ2) is 6.62. The molecule has 0 aliphatic carbocycles. The zero-order chi connectivity index (χ0) is 15.6. The first kappa shape index (κ1) is 15.9. The number of hydrogen-bond donors (Lipinski definition) is 1. The minimum atomic E-state index is -0.487. The van der Waals surface area contributed by atoms with E-state index in [-0.39, 0.29) is 6.03 Å². The fourth-order valence-electron chi connectivity index (χ4n) is 2.73. The highest BCUT2D eigenvalue weighted by Gasteiger charge is 2.39. The van der Waals surface area contributed by atoms with Gasteiger partial charge in [0.05, 0.1) is 23.3 Å². The molecule has 0 radical (unpaired) electrons. The first-order chi connectivity index (χ1) is 10.6. The fourth-order valence-corrected chi connectivity index (χ4v) is 3.03. The molecule has 2 saturated heterocycles. The van der Waals surface area contributed by atoms with Crippen molar-refractivity contribution in [2.24, 2.45) is 0 Å². The molecule has 5 nitrogen and oxygen atoms in total. The SMILES string of the molecule is O=C(Nc1ccc(Cl)c(Cl)c1)N1CCC2(CC1)OCCCO2. The zero-order valence-electron chi connectivity index (χ0n) is 12.1. The van der Waals surface area contributed by atoms with Crippen LogP contribution in [0.5, 0.6) is 0 Å². The third-order valence-electron chi connectivity index (χ3n) is 4.00. The van der Waals surface area contributed by atoms with Crippen LogP contribution in [0.3, 0.4) is 0 Å². The van der Waals surface area contributed by atoms with Gasteiger partial charge in [0.2, 0.25) is 0 Å². The second-order valence-electron chi connectivity index (χ2n) is 5.51. The van der Waals surface area contributed by atoms with Gasteiger partial charge in [-0.2, -0.15) is 0 Å². The molecular formula is C15H18Cl2N2O3. The third-order valence-corrected chi connectivity index (χ3v) is 4.74. The number of amides is 2. The second-order valence-corrected chi connectivity index (χ2v) is 6.32. The Kier molecular flexibility index (Phi) is 4.78. The molecule has 120 valence electrons. The van der Waals surface area contributed by atoms with Gasteiger partial charge in [-0.05, 0) is 24.6 Å². The van der Waals surface area contributed by atoms with E-state index in [1.807, 2.05) is 0 Å². The van der Waals surface area contributed by atoms with E-state index < -0.39 is 5.79 Å². The number of rotatable bonds is 1. The maximum atomic E-state index is 12.3. The van der Waals surface area contributed by atoms with Gasteiger partial charge in [-0.15, -0.1) is 0 Å². The predicted molar refractivity (Wildman–Crippen MR) is 85.5 cm³/mol. The molecule has 7 heteroatoms. The molecule has 1 spiro atoms. The molecule has 0 unspecified atom stereocenters. The van der Waals surface area contributed by atoms with Crippen LogP contribution in [-0.4, -0.2) is 43.0 Å². The summed E-state index contributed by atoms with van der Waals surface area (Å²) in [5.41, 5.74) is 0.629. The Bertz CT molecular complexity index is 552. The van der Waals surface area contributed by atoms with E-state index in [1.54, 1.807) is 23.1 Å². The molecule has 2 aliphatic heterocycles. The number of likely N-dealkylation sites (tertiary alicyclic amines) is 1. The predicted octanol–water partition coefficient (Wildman–Crippen LogP) is 3.75. The number of halogens is 2. The summed E-state index contributed by atoms with van der Waals surface area (Å²) < 4.78 is 11.5. The van der Waals surface area contributed by atoms with Crippen LogP contribution in [0, 0.1) is 0 Å². The number of piperidine rings is 1. The van der Waals surface area contributed by atoms with Gasteiger partial charge in [0, 0.05) is 31.6 Å². The monoisotopic (exact) mass is 344 g/mol. The van der Waals surface area contributed by atoms with E-state index in [4.69, 9.17) is 32.7 Å². The summed E-state index contributed by atoms with van der Waals surface area (Å²) >= 11 is 11.8. The lowest BCUT2D eigenvalue weighted by atomic mass is 10.0. The molecule has 2 fully saturated rings. The van der Waals surface area contributed by atoms with Crippen LogP contribution in [0.15, 0.2) is 18.2 Å². The number of urea groups is 1. The van der Waals surface area contributed by atoms with Crippen molar-refractivity contribution in [3.05, 3.63) is 28.2 Å². The van der Waals surface area contributed by atoms with Crippen molar-refractivity contribution < 1.29 is 14.3 Å². The van der Waals surface area contributed by atoms with Crippen LogP contribution >= 0.6 is 23.2 Å². The number of hydrogen-bond acceptors (Lipinski definition) is 3. The van der Waals surface area contributed by atoms with Crippen LogP contribution in [0.25, 0.3) is 0 Å². The molecule has 1 N–H and O–H groups in total. The van der Waals surface area contributed by atoms with Crippen molar-refractivity contribution >= 4 is 34.9 Å². The van der Waals surface area contributed by atoms with Crippen molar-refractivity contribution in [2.75, 3.05) is 31.6 Å². The lowest BCUT2D eigenvalue weighted by Gasteiger charge is -2.43. The Balaban J connectivity index is 1.56. The van der Waals surface area contributed by atoms with Crippen LogP contribution in [0.2, 0.25) is 10.0 Å². The quantitative estimate of drug-likeness (QED) is 0.843. The number of anilines is 1. The molecule has 1 aromatic carbocycles. The van der Waals surface area contributed by atoms with E-state index in [2.05, 4.69) is 5.32 Å². The molecule has 22 heavy (non-hydrogen) atoms. The number of nitrogens with one attached hydrogen (secondary N) is 1. The zero-order valence-corrected chi connectivity index (χ0v) is 13.6. The van der Waals surface area contributed by atoms with Gasteiger partial charge in [-0.3, -0.25) is 0 Å². The Morgan fingerprint density at radius 3 is 2.45 bits per heavy atom. The van der Waals surface area contributed by atoms with Crippen LogP contribution in [0.1, 0.15) is 19.3 Å². The Hall–Kier alpha value is -1.01. The van der Waals surface area contributed by atoms with E-state index in [0.717, 1.165) is 19.6 Å². The first-order valence-corrected chi connectivity index (χ1v) is 8.12. The highest BCUT2D eigenvalue weighted by molar-refractivity contribution is 6.42. The van der Waals surface area contributed by atoms with Crippen molar-refractivity contribution in [2.45, 2.75) is 25.0 Å². The highest BCUT2D eigenvalue weighted by atomic mass is 35.5. The van der Waals surface area contributed by atoms with Crippen LogP contribution in [0.4, 0.5) is 10.5 Å². The van der Waals surface area contributed by atoms with Crippen molar-refractivity contribution in [1.82, 2.24) is 4.90 Å². The van der Waals surface area contributed by atoms with Gasteiger partial charge in [0.15, 0.2) is 5.79 Å². The maximum Gasteiger partial charge on any atom is 0.321 e. The van der Waals surface area contributed by atoms with E-state index in [1.165, 1.54) is 0 Å². The summed E-state index contributed by atoms with van der Waals surface area (Å²) in [6.45, 7) is 2.67. The van der Waals surface area contributed by atoms with E-state index >= 15 is 0 Å². The average Bonchev–Trinajstić information content (AvgIpc) is 2.52. The summed E-state index contributed by atoms with van der Waals surface area (Å²) in [7, 11) is 0. The van der Waals surface area contributed by atoms with Gasteiger partial charge in [0.1, 0.15) is 0 Å². The van der Waals surface area contributed by atoms with Gasteiger partial charge >= 0.3 is 6.03 Å². The molecule has 0 aromatic heterocycles. The van der Waals surface area contributed by atoms with Gasteiger partial charge in [-0.25, -0.2) is 4.79 Å². The molecule has 0 atom stereocenters. The summed E-state index contributed by atoms with van der Waals surface area (Å²) in [6, 6.07) is 4.88. The summed E-state index contributed by atoms with van der Waals surface area (Å²) in [6.07, 6.45) is 2.33. The highest BCUT2D eigenvalue weighted by Crippen LogP contribution is 2.31. The summed E-state index contributed by atoms with van der Waals surface area (Å²) in [5.74, 6) is -0.487. The lowest BCUT2D eigenvalue weighted by Crippen LogP contribution is -2.52. The van der Waals surface area contributed by atoms with E-state index in [0.29, 0.717) is 41.7 Å². The van der Waals surface area contributed by atoms with Crippen molar-refractivity contribution in [1.29, 1.82) is 0 Å². The Morgan fingerprint density at radius 1 is 1.14 bits per heavy atom. The third kappa shape index (κ3) is 3.49. The van der Waals surface area contributed by atoms with Crippen molar-refractivity contribution in [3.63, 3.8) is 0 Å². The van der Waals surface area contributed by atoms with Crippen LogP contribution < -0.4 is 5.32 Å². The Morgan fingerprint density at radius 2 is 1.82 bits per heavy atom. The molecule has 0 saturated carbocycles. The van der Waals surface area contributed by atoms with Gasteiger partial charge in [-0.1, -0.05) is 23.2 Å². The topological polar surface area (TPSA) is 50.8 Å². The summed E-state index contributed by atoms with van der Waals surface area (Å²) in [4.78, 5) is 14.1. The minimum Gasteiger partial charge on any atom is -0.350 e. The standard InChI is InChI=1S/C15H18Cl2N2O3/c16-12-3-2-11(10-13(12)17)18-14(20)19-6-4-15(5-7-19)21-8-1-9-22-15/h2-3,10H,1,4-9H2,(H,18,20). The maximum absolute atomic E-state index is 12.3. The molecule has 0 bridgehead atoms. The lowest BCUT2D eigenvalue weighted by molar-refractivity contribution is -0.281. The smallest absolute Gasteiger partial charge is 0.321 e. The van der Waals surface area contributed by atoms with Gasteiger partial charge < -0.3 is 19.7 Å². The first-order valence-electron chi connectivity index (χ1n) is 7.37. The normalized spacial score (nSPS) is 20.9. The van der Waals surface area contributed by atoms with Crippen LogP contribution in [-0.2, 0) is 9.47 Å². The van der Waals surface area contributed by atoms with Gasteiger partial charge in [0.25, 0.3) is 0 Å². The minimum absolute atomic E-state index is 0.149. The molecular weight excluding hydrogens is 327 g/mol. The Labute approximate surface area is 139 Å². The largest absolute Gasteiger partial charge is 0.350 e. The fraction of sp³-hybridized carbons (Fsp3) is 0.533. The molecule has 3 rings (SSSR count). The van der Waals surface area contributed by atoms with Crippen molar-refractivity contribution in [3.8, 4) is 0 Å². The number of nitrogens with zero attached hydrogens (tertiary/aromatic N) is 1. The average molecular weight is 345 g/mol. The number of carbonyl (C=O) groups excluding carboxylic acids is 1. The number of ether oxygens (including phenoxy) is 2. The molecule has 2 heterocycles. The molecule has 1 aromatic rings. The summed E-state index contributed by atoms with van der Waals surface area (Å²) in [5, 5.41) is 3.72. The number of carbonyl (C=O) groups is 1. The van der Waals surface area contributed by atoms with E-state index in [9.17, 15) is 4.79 Å². The molecule has 2 aliphatic rings.